The van der Waals surface area contributed by atoms with Crippen molar-refractivity contribution < 1.29 is 13.9 Å². The van der Waals surface area contributed by atoms with Gasteiger partial charge in [-0.25, -0.2) is 9.37 Å². The van der Waals surface area contributed by atoms with Crippen LogP contribution in [0.1, 0.15) is 16.8 Å². The Morgan fingerprint density at radius 1 is 1.24 bits per heavy atom. The lowest BCUT2D eigenvalue weighted by Gasteiger charge is -2.03. The van der Waals surface area contributed by atoms with E-state index in [1.807, 2.05) is 32.0 Å². The van der Waals surface area contributed by atoms with Gasteiger partial charge in [0.15, 0.2) is 5.82 Å². The molecule has 0 saturated carbocycles. The molecule has 0 radical (unpaired) electrons. The number of benzene rings is 1. The first kappa shape index (κ1) is 16.8. The van der Waals surface area contributed by atoms with E-state index < -0.39 is 11.8 Å². The SMILES string of the molecule is COC(=O)Cc1nc2ccc(F)cn2c1N=Nc1cccc(C)c1C. The lowest BCUT2D eigenvalue weighted by molar-refractivity contribution is -0.139. The Balaban J connectivity index is 2.10. The summed E-state index contributed by atoms with van der Waals surface area (Å²) in [5.41, 5.74) is 3.66. The molecule has 0 spiro atoms. The number of azo groups is 1. The number of rotatable bonds is 4. The molecule has 0 saturated heterocycles. The largest absolute Gasteiger partial charge is 0.469 e. The Hall–Kier alpha value is -3.09. The second-order valence-corrected chi connectivity index (χ2v) is 5.63. The van der Waals surface area contributed by atoms with Gasteiger partial charge in [-0.1, -0.05) is 12.1 Å². The molecule has 0 bridgehead atoms. The molecule has 2 heterocycles. The quantitative estimate of drug-likeness (QED) is 0.527. The van der Waals surface area contributed by atoms with Gasteiger partial charge in [0.1, 0.15) is 11.5 Å². The van der Waals surface area contributed by atoms with E-state index >= 15 is 0 Å². The molecule has 0 aliphatic heterocycles. The number of esters is 1. The van der Waals surface area contributed by atoms with E-state index in [1.54, 1.807) is 0 Å². The molecule has 3 aromatic rings. The van der Waals surface area contributed by atoms with Gasteiger partial charge >= 0.3 is 5.97 Å². The molecule has 128 valence electrons. The standard InChI is InChI=1S/C18H17FN4O2/c1-11-5-4-6-14(12(11)2)21-22-18-15(9-17(24)25-3)20-16-8-7-13(19)10-23(16)18/h4-8,10H,9H2,1-3H3. The molecule has 2 aromatic heterocycles. The average molecular weight is 340 g/mol. The molecule has 0 aliphatic rings. The highest BCUT2D eigenvalue weighted by atomic mass is 19.1. The predicted molar refractivity (Wildman–Crippen MR) is 91.0 cm³/mol. The van der Waals surface area contributed by atoms with E-state index in [2.05, 4.69) is 15.2 Å². The van der Waals surface area contributed by atoms with Crippen LogP contribution < -0.4 is 0 Å². The van der Waals surface area contributed by atoms with Crippen LogP contribution >= 0.6 is 0 Å². The zero-order valence-electron chi connectivity index (χ0n) is 14.2. The minimum absolute atomic E-state index is 0.0685. The molecule has 25 heavy (non-hydrogen) atoms. The summed E-state index contributed by atoms with van der Waals surface area (Å²) < 4.78 is 19.8. The van der Waals surface area contributed by atoms with Crippen LogP contribution in [-0.2, 0) is 16.0 Å². The zero-order valence-corrected chi connectivity index (χ0v) is 14.2. The van der Waals surface area contributed by atoms with Crippen LogP contribution in [0.5, 0.6) is 0 Å². The van der Waals surface area contributed by atoms with Gasteiger partial charge in [-0.3, -0.25) is 9.20 Å². The number of carbonyl (C=O) groups is 1. The topological polar surface area (TPSA) is 68.3 Å². The van der Waals surface area contributed by atoms with Crippen molar-refractivity contribution >= 4 is 23.1 Å². The third-order valence-electron chi connectivity index (χ3n) is 3.99. The first-order valence-corrected chi connectivity index (χ1v) is 7.71. The van der Waals surface area contributed by atoms with Gasteiger partial charge in [0.2, 0.25) is 0 Å². The van der Waals surface area contributed by atoms with Crippen LogP contribution in [0.4, 0.5) is 15.9 Å². The summed E-state index contributed by atoms with van der Waals surface area (Å²) in [7, 11) is 1.30. The van der Waals surface area contributed by atoms with Gasteiger partial charge in [-0.05, 0) is 43.2 Å². The van der Waals surface area contributed by atoms with E-state index in [4.69, 9.17) is 4.74 Å². The molecule has 0 N–H and O–H groups in total. The highest BCUT2D eigenvalue weighted by Gasteiger charge is 2.16. The lowest BCUT2D eigenvalue weighted by Crippen LogP contribution is -2.04. The van der Waals surface area contributed by atoms with Crippen molar-refractivity contribution in [1.82, 2.24) is 9.38 Å². The van der Waals surface area contributed by atoms with Gasteiger partial charge in [-0.15, -0.1) is 10.2 Å². The van der Waals surface area contributed by atoms with E-state index in [-0.39, 0.29) is 6.42 Å². The first-order chi connectivity index (χ1) is 12.0. The smallest absolute Gasteiger partial charge is 0.311 e. The van der Waals surface area contributed by atoms with E-state index in [0.29, 0.717) is 22.8 Å². The molecule has 0 amide bonds. The monoisotopic (exact) mass is 340 g/mol. The van der Waals surface area contributed by atoms with E-state index in [9.17, 15) is 9.18 Å². The highest BCUT2D eigenvalue weighted by molar-refractivity contribution is 5.74. The van der Waals surface area contributed by atoms with Gasteiger partial charge in [0.25, 0.3) is 0 Å². The summed E-state index contributed by atoms with van der Waals surface area (Å²) in [4.78, 5) is 16.0. The molecule has 6 nitrogen and oxygen atoms in total. The summed E-state index contributed by atoms with van der Waals surface area (Å²) in [5.74, 6) is -0.578. The number of imidazole rings is 1. The molecular formula is C18H17FN4O2. The normalized spacial score (nSPS) is 11.4. The molecule has 0 aliphatic carbocycles. The number of carbonyl (C=O) groups excluding carboxylic acids is 1. The Morgan fingerprint density at radius 2 is 2.04 bits per heavy atom. The zero-order chi connectivity index (χ0) is 18.0. The van der Waals surface area contributed by atoms with Crippen molar-refractivity contribution in [2.24, 2.45) is 10.2 Å². The summed E-state index contributed by atoms with van der Waals surface area (Å²) in [6, 6.07) is 8.54. The number of fused-ring (bicyclic) bond motifs is 1. The molecular weight excluding hydrogens is 323 g/mol. The van der Waals surface area contributed by atoms with Crippen LogP contribution in [0.3, 0.4) is 0 Å². The predicted octanol–water partition coefficient (Wildman–Crippen LogP) is 4.22. The van der Waals surface area contributed by atoms with Crippen molar-refractivity contribution in [1.29, 1.82) is 0 Å². The van der Waals surface area contributed by atoms with Gasteiger partial charge in [0, 0.05) is 6.20 Å². The summed E-state index contributed by atoms with van der Waals surface area (Å²) in [5, 5.41) is 8.52. The average Bonchev–Trinajstić information content (AvgIpc) is 2.92. The van der Waals surface area contributed by atoms with Gasteiger partial charge in [-0.2, -0.15) is 0 Å². The Kier molecular flexibility index (Phi) is 4.56. The van der Waals surface area contributed by atoms with Gasteiger partial charge < -0.3 is 4.74 Å². The van der Waals surface area contributed by atoms with Crippen LogP contribution in [0.15, 0.2) is 46.8 Å². The third kappa shape index (κ3) is 3.40. The van der Waals surface area contributed by atoms with Crippen molar-refractivity contribution in [2.45, 2.75) is 20.3 Å². The molecule has 3 rings (SSSR count). The number of methoxy groups -OCH3 is 1. The Bertz CT molecular complexity index is 979. The second kappa shape index (κ2) is 6.80. The van der Waals surface area contributed by atoms with Gasteiger partial charge in [0.05, 0.1) is 24.9 Å². The summed E-state index contributed by atoms with van der Waals surface area (Å²) in [6.45, 7) is 3.94. The maximum absolute atomic E-state index is 13.6. The number of nitrogens with zero attached hydrogens (tertiary/aromatic N) is 4. The van der Waals surface area contributed by atoms with Crippen LogP contribution in [0.25, 0.3) is 5.65 Å². The maximum atomic E-state index is 13.6. The van der Waals surface area contributed by atoms with Crippen LogP contribution in [0.2, 0.25) is 0 Å². The van der Waals surface area contributed by atoms with E-state index in [0.717, 1.165) is 11.1 Å². The summed E-state index contributed by atoms with van der Waals surface area (Å²) in [6.07, 6.45) is 1.20. The first-order valence-electron chi connectivity index (χ1n) is 7.71. The maximum Gasteiger partial charge on any atom is 0.311 e. The van der Waals surface area contributed by atoms with Crippen LogP contribution in [0, 0.1) is 19.7 Å². The fraction of sp³-hybridized carbons (Fsp3) is 0.222. The number of aromatic nitrogens is 2. The molecule has 0 unspecified atom stereocenters. The molecule has 7 heteroatoms. The van der Waals surface area contributed by atoms with Crippen molar-refractivity contribution in [3.63, 3.8) is 0 Å². The van der Waals surface area contributed by atoms with E-state index in [1.165, 1.54) is 29.8 Å². The van der Waals surface area contributed by atoms with Crippen molar-refractivity contribution in [3.05, 3.63) is 59.2 Å². The number of hydrogen-bond donors (Lipinski definition) is 0. The second-order valence-electron chi connectivity index (χ2n) is 5.63. The minimum Gasteiger partial charge on any atom is -0.469 e. The fourth-order valence-electron chi connectivity index (χ4n) is 2.43. The minimum atomic E-state index is -0.452. The Labute approximate surface area is 144 Å². The van der Waals surface area contributed by atoms with Crippen molar-refractivity contribution in [3.8, 4) is 0 Å². The van der Waals surface area contributed by atoms with Crippen LogP contribution in [-0.4, -0.2) is 22.5 Å². The molecule has 0 fully saturated rings. The Morgan fingerprint density at radius 3 is 2.80 bits per heavy atom. The lowest BCUT2D eigenvalue weighted by atomic mass is 10.1. The molecule has 0 atom stereocenters. The van der Waals surface area contributed by atoms with Crippen molar-refractivity contribution in [2.75, 3.05) is 7.11 Å². The number of ether oxygens (including phenoxy) is 1. The third-order valence-corrected chi connectivity index (χ3v) is 3.99. The summed E-state index contributed by atoms with van der Waals surface area (Å²) >= 11 is 0. The number of aryl methyl sites for hydroxylation is 1. The highest BCUT2D eigenvalue weighted by Crippen LogP contribution is 2.27. The number of hydrogen-bond acceptors (Lipinski definition) is 5. The number of halogens is 1. The number of pyridine rings is 1. The fourth-order valence-corrected chi connectivity index (χ4v) is 2.43. The molecule has 1 aromatic carbocycles.